The predicted octanol–water partition coefficient (Wildman–Crippen LogP) is 4.34. The number of hydrogen-bond acceptors (Lipinski definition) is 7. The van der Waals surface area contributed by atoms with Gasteiger partial charge in [-0.15, -0.1) is 23.7 Å². The Morgan fingerprint density at radius 1 is 1.12 bits per heavy atom. The van der Waals surface area contributed by atoms with E-state index in [0.29, 0.717) is 0 Å². The summed E-state index contributed by atoms with van der Waals surface area (Å²) < 4.78 is 11.8. The number of likely N-dealkylation sites (N-methyl/N-ethyl adjacent to an activating group) is 1. The van der Waals surface area contributed by atoms with E-state index in [1.54, 1.807) is 18.4 Å². The molecule has 0 aliphatic carbocycles. The van der Waals surface area contributed by atoms with E-state index < -0.39 is 0 Å². The van der Waals surface area contributed by atoms with Gasteiger partial charge in [-0.05, 0) is 63.0 Å². The van der Waals surface area contributed by atoms with Crippen LogP contribution in [0.1, 0.15) is 25.6 Å². The molecule has 1 saturated heterocycles. The maximum Gasteiger partial charge on any atom is 0.163 e. The smallest absolute Gasteiger partial charge is 0.163 e. The number of halogens is 1. The molecule has 1 fully saturated rings. The van der Waals surface area contributed by atoms with Gasteiger partial charge in [-0.2, -0.15) is 0 Å². The topological polar surface area (TPSA) is 40.2 Å². The summed E-state index contributed by atoms with van der Waals surface area (Å²) in [5.41, 5.74) is 4.49. The third kappa shape index (κ3) is 6.79. The van der Waals surface area contributed by atoms with E-state index in [-0.39, 0.29) is 18.6 Å². The molecule has 0 spiro atoms. The maximum absolute atomic E-state index is 6.17. The van der Waals surface area contributed by atoms with Crippen molar-refractivity contribution in [3.63, 3.8) is 0 Å². The molecule has 2 aromatic rings. The predicted molar refractivity (Wildman–Crippen MR) is 140 cm³/mol. The van der Waals surface area contributed by atoms with E-state index in [2.05, 4.69) is 66.3 Å². The van der Waals surface area contributed by atoms with Crippen molar-refractivity contribution in [2.45, 2.75) is 27.0 Å². The van der Waals surface area contributed by atoms with E-state index in [1.165, 1.54) is 0 Å². The van der Waals surface area contributed by atoms with Gasteiger partial charge in [-0.3, -0.25) is 4.90 Å². The zero-order valence-electron chi connectivity index (χ0n) is 19.6. The van der Waals surface area contributed by atoms with E-state index in [0.717, 1.165) is 71.1 Å². The minimum Gasteiger partial charge on any atom is -0.493 e. The van der Waals surface area contributed by atoms with E-state index in [4.69, 9.17) is 21.7 Å². The summed E-state index contributed by atoms with van der Waals surface area (Å²) in [7, 11) is 3.83. The first kappa shape index (κ1) is 26.8. The Kier molecular flexibility index (Phi) is 10.7. The van der Waals surface area contributed by atoms with E-state index in [1.807, 2.05) is 12.1 Å². The molecule has 1 N–H and O–H groups in total. The van der Waals surface area contributed by atoms with Crippen LogP contribution < -0.4 is 14.9 Å². The second-order valence-corrected chi connectivity index (χ2v) is 9.19. The number of thiophene rings is 1. The average Bonchev–Trinajstić information content (AvgIpc) is 3.27. The van der Waals surface area contributed by atoms with Gasteiger partial charge in [0.1, 0.15) is 11.2 Å². The fraction of sp³-hybridized carbons (Fsp3) is 0.522. The molecule has 1 atom stereocenters. The summed E-state index contributed by atoms with van der Waals surface area (Å²) >= 11 is 7.34. The normalized spacial score (nSPS) is 15.8. The Morgan fingerprint density at radius 2 is 1.81 bits per heavy atom. The Hall–Kier alpha value is -1.42. The minimum atomic E-state index is -0.0129. The lowest BCUT2D eigenvalue weighted by atomic mass is 10.1. The number of benzene rings is 1. The quantitative estimate of drug-likeness (QED) is 0.407. The lowest BCUT2D eigenvalue weighted by Crippen LogP contribution is -2.52. The highest BCUT2D eigenvalue weighted by atomic mass is 35.5. The van der Waals surface area contributed by atoms with Gasteiger partial charge >= 0.3 is 0 Å². The number of hydrogen-bond donors (Lipinski definition) is 1. The summed E-state index contributed by atoms with van der Waals surface area (Å²) in [6, 6.07) is 10.3. The summed E-state index contributed by atoms with van der Waals surface area (Å²) in [4.78, 5) is 7.58. The number of ether oxygens (including phenoxy) is 2. The summed E-state index contributed by atoms with van der Waals surface area (Å²) in [5, 5.41) is 2.20. The molecule has 1 aliphatic rings. The lowest BCUT2D eigenvalue weighted by Gasteiger charge is -2.32. The molecule has 1 aromatic carbocycles. The number of piperazine rings is 1. The maximum atomic E-state index is 6.17. The van der Waals surface area contributed by atoms with Crippen molar-refractivity contribution < 1.29 is 9.47 Å². The molecule has 1 unspecified atom stereocenters. The summed E-state index contributed by atoms with van der Waals surface area (Å²) in [6.07, 6.45) is -0.0129. The zero-order valence-corrected chi connectivity index (χ0v) is 22.0. The second kappa shape index (κ2) is 12.7. The van der Waals surface area contributed by atoms with Crippen LogP contribution in [0.15, 0.2) is 30.3 Å². The number of thiocarbonyl (C=S) groups is 1. The Balaban J connectivity index is 0.00000363. The molecule has 0 bridgehead atoms. The molecule has 0 amide bonds. The molecule has 178 valence electrons. The first-order valence-corrected chi connectivity index (χ1v) is 12.1. The van der Waals surface area contributed by atoms with Crippen molar-refractivity contribution in [1.82, 2.24) is 20.2 Å². The monoisotopic (exact) mass is 498 g/mol. The molecule has 0 radical (unpaired) electrons. The van der Waals surface area contributed by atoms with Crippen LogP contribution >= 0.6 is 36.0 Å². The Bertz CT molecular complexity index is 867. The summed E-state index contributed by atoms with van der Waals surface area (Å²) in [6.45, 7) is 12.3. The Morgan fingerprint density at radius 3 is 2.44 bits per heavy atom. The van der Waals surface area contributed by atoms with Crippen LogP contribution in [0.25, 0.3) is 10.4 Å². The molecular formula is C23H35ClN4O2S2. The number of nitrogens with one attached hydrogen (secondary N) is 1. The van der Waals surface area contributed by atoms with Gasteiger partial charge in [-0.1, -0.05) is 26.1 Å². The minimum absolute atomic E-state index is 0. The van der Waals surface area contributed by atoms with E-state index in [9.17, 15) is 0 Å². The van der Waals surface area contributed by atoms with Crippen molar-refractivity contribution in [1.29, 1.82) is 0 Å². The lowest BCUT2D eigenvalue weighted by molar-refractivity contribution is 0.0458. The van der Waals surface area contributed by atoms with Gasteiger partial charge in [0.25, 0.3) is 0 Å². The van der Waals surface area contributed by atoms with Crippen LogP contribution in [0.5, 0.6) is 11.5 Å². The van der Waals surface area contributed by atoms with Crippen LogP contribution in [0, 0.1) is 0 Å². The average molecular weight is 499 g/mol. The standard InChI is InChI=1S/C23H34N4O2S2.ClH/c1-6-26(7-2)17(3)29-19-9-8-18(16-20(19)28-5)21-10-11-22(31-21)23(30)24-27-14-12-25(4)13-15-27;/h8-11,16-17H,6-7,12-15H2,1-5H3,(H,24,30);1H. The zero-order chi connectivity index (χ0) is 22.4. The molecule has 6 nitrogen and oxygen atoms in total. The highest BCUT2D eigenvalue weighted by Gasteiger charge is 2.18. The number of methoxy groups -OCH3 is 1. The number of nitrogens with zero attached hydrogens (tertiary/aromatic N) is 3. The summed E-state index contributed by atoms with van der Waals surface area (Å²) in [5.74, 6) is 1.50. The first-order chi connectivity index (χ1) is 14.9. The van der Waals surface area contributed by atoms with Crippen LogP contribution in [-0.2, 0) is 0 Å². The molecule has 1 aromatic heterocycles. The van der Waals surface area contributed by atoms with Gasteiger partial charge in [0.05, 0.1) is 12.0 Å². The fourth-order valence-corrected chi connectivity index (χ4v) is 4.86. The van der Waals surface area contributed by atoms with E-state index >= 15 is 0 Å². The van der Waals surface area contributed by atoms with Gasteiger partial charge in [0, 0.05) is 31.1 Å². The van der Waals surface area contributed by atoms with Gasteiger partial charge < -0.3 is 19.8 Å². The highest BCUT2D eigenvalue weighted by molar-refractivity contribution is 7.81. The van der Waals surface area contributed by atoms with Crippen LogP contribution in [0.3, 0.4) is 0 Å². The number of rotatable bonds is 9. The van der Waals surface area contributed by atoms with Crippen LogP contribution in [0.4, 0.5) is 0 Å². The van der Waals surface area contributed by atoms with Crippen molar-refractivity contribution in [2.75, 3.05) is 53.4 Å². The molecule has 32 heavy (non-hydrogen) atoms. The molecule has 0 saturated carbocycles. The highest BCUT2D eigenvalue weighted by Crippen LogP contribution is 2.36. The third-order valence-electron chi connectivity index (χ3n) is 5.66. The second-order valence-electron chi connectivity index (χ2n) is 7.70. The van der Waals surface area contributed by atoms with Crippen molar-refractivity contribution >= 4 is 41.0 Å². The molecular weight excluding hydrogens is 464 g/mol. The first-order valence-electron chi connectivity index (χ1n) is 10.9. The van der Waals surface area contributed by atoms with Crippen LogP contribution in [-0.4, -0.2) is 79.5 Å². The molecule has 9 heteroatoms. The van der Waals surface area contributed by atoms with Crippen molar-refractivity contribution in [2.24, 2.45) is 0 Å². The molecule has 2 heterocycles. The number of hydrazine groups is 1. The van der Waals surface area contributed by atoms with Crippen molar-refractivity contribution in [3.8, 4) is 21.9 Å². The third-order valence-corrected chi connectivity index (χ3v) is 7.26. The fourth-order valence-electron chi connectivity index (χ4n) is 3.65. The SMILES string of the molecule is CCN(CC)C(C)Oc1ccc(-c2ccc(C(=S)NN3CCN(C)CC3)s2)cc1OC.Cl. The molecule has 3 rings (SSSR count). The van der Waals surface area contributed by atoms with Gasteiger partial charge in [0.2, 0.25) is 0 Å². The van der Waals surface area contributed by atoms with Crippen molar-refractivity contribution in [3.05, 3.63) is 35.2 Å². The van der Waals surface area contributed by atoms with Crippen LogP contribution in [0.2, 0.25) is 0 Å². The Labute approximate surface area is 207 Å². The van der Waals surface area contributed by atoms with Gasteiger partial charge in [0.15, 0.2) is 11.5 Å². The largest absolute Gasteiger partial charge is 0.493 e. The van der Waals surface area contributed by atoms with Gasteiger partial charge in [-0.25, -0.2) is 5.01 Å². The molecule has 1 aliphatic heterocycles.